The average Bonchev–Trinajstić information content (AvgIpc) is 2.98. The summed E-state index contributed by atoms with van der Waals surface area (Å²) in [7, 11) is -1.70. The summed E-state index contributed by atoms with van der Waals surface area (Å²) in [4.78, 5) is 0.222. The predicted octanol–water partition coefficient (Wildman–Crippen LogP) is 0.206. The van der Waals surface area contributed by atoms with Gasteiger partial charge in [0, 0.05) is 25.5 Å². The fourth-order valence-corrected chi connectivity index (χ4v) is 2.72. The van der Waals surface area contributed by atoms with Gasteiger partial charge in [-0.15, -0.1) is 0 Å². The van der Waals surface area contributed by atoms with Crippen LogP contribution in [0.15, 0.2) is 17.2 Å². The maximum Gasteiger partial charge on any atom is 0.242 e. The monoisotopic (exact) mass is 244 g/mol. The highest BCUT2D eigenvalue weighted by Gasteiger charge is 2.25. The molecule has 1 heterocycles. The third-order valence-electron chi connectivity index (χ3n) is 2.81. The highest BCUT2D eigenvalue weighted by molar-refractivity contribution is 7.89. The standard InChI is InChI=1S/C10H16N2O3S/c1-12-6-10(4-9(12)7-13)16(14,15)11-5-8-2-3-8/h4,6,8,11,13H,2-3,5,7H2,1H3. The first-order chi connectivity index (χ1) is 7.53. The fourth-order valence-electron chi connectivity index (χ4n) is 1.51. The Bertz CT molecular complexity index is 474. The van der Waals surface area contributed by atoms with Crippen LogP contribution in [0.5, 0.6) is 0 Å². The highest BCUT2D eigenvalue weighted by atomic mass is 32.2. The van der Waals surface area contributed by atoms with Crippen molar-refractivity contribution in [3.05, 3.63) is 18.0 Å². The average molecular weight is 244 g/mol. The number of nitrogens with zero attached hydrogens (tertiary/aromatic N) is 1. The van der Waals surface area contributed by atoms with Crippen LogP contribution in [-0.2, 0) is 23.7 Å². The number of sulfonamides is 1. The van der Waals surface area contributed by atoms with Crippen molar-refractivity contribution in [2.24, 2.45) is 13.0 Å². The molecule has 1 aliphatic carbocycles. The van der Waals surface area contributed by atoms with Crippen molar-refractivity contribution in [1.29, 1.82) is 0 Å². The zero-order valence-corrected chi connectivity index (χ0v) is 10.00. The molecule has 16 heavy (non-hydrogen) atoms. The van der Waals surface area contributed by atoms with Crippen LogP contribution in [0.4, 0.5) is 0 Å². The second-order valence-corrected chi connectivity index (χ2v) is 6.00. The Balaban J connectivity index is 2.13. The summed E-state index contributed by atoms with van der Waals surface area (Å²) in [5, 5.41) is 8.99. The first-order valence-corrected chi connectivity index (χ1v) is 6.77. The third-order valence-corrected chi connectivity index (χ3v) is 4.20. The second kappa shape index (κ2) is 4.20. The molecule has 0 aliphatic heterocycles. The Morgan fingerprint density at radius 3 is 2.75 bits per heavy atom. The van der Waals surface area contributed by atoms with Crippen LogP contribution in [0.3, 0.4) is 0 Å². The molecule has 1 fully saturated rings. The molecule has 1 aliphatic rings. The molecule has 0 spiro atoms. The van der Waals surface area contributed by atoms with Crippen LogP contribution in [0.25, 0.3) is 0 Å². The summed E-state index contributed by atoms with van der Waals surface area (Å²) in [5.41, 5.74) is 0.590. The quantitative estimate of drug-likeness (QED) is 0.777. The number of aliphatic hydroxyl groups is 1. The Morgan fingerprint density at radius 2 is 2.25 bits per heavy atom. The summed E-state index contributed by atoms with van der Waals surface area (Å²) >= 11 is 0. The fraction of sp³-hybridized carbons (Fsp3) is 0.600. The van der Waals surface area contributed by atoms with Crippen molar-refractivity contribution in [2.75, 3.05) is 6.54 Å². The smallest absolute Gasteiger partial charge is 0.242 e. The van der Waals surface area contributed by atoms with E-state index in [0.717, 1.165) is 12.8 Å². The number of hydrogen-bond acceptors (Lipinski definition) is 3. The van der Waals surface area contributed by atoms with Gasteiger partial charge in [0.2, 0.25) is 10.0 Å². The third kappa shape index (κ3) is 2.45. The van der Waals surface area contributed by atoms with Crippen molar-refractivity contribution in [3.8, 4) is 0 Å². The highest BCUT2D eigenvalue weighted by Crippen LogP contribution is 2.28. The molecule has 2 rings (SSSR count). The van der Waals surface area contributed by atoms with E-state index in [9.17, 15) is 8.42 Å². The van der Waals surface area contributed by atoms with Crippen LogP contribution in [-0.4, -0.2) is 24.6 Å². The predicted molar refractivity (Wildman–Crippen MR) is 59.2 cm³/mol. The van der Waals surface area contributed by atoms with E-state index in [-0.39, 0.29) is 11.5 Å². The number of aromatic nitrogens is 1. The van der Waals surface area contributed by atoms with Crippen LogP contribution in [0.1, 0.15) is 18.5 Å². The van der Waals surface area contributed by atoms with Gasteiger partial charge >= 0.3 is 0 Å². The topological polar surface area (TPSA) is 71.3 Å². The van der Waals surface area contributed by atoms with E-state index >= 15 is 0 Å². The van der Waals surface area contributed by atoms with Crippen molar-refractivity contribution in [2.45, 2.75) is 24.3 Å². The van der Waals surface area contributed by atoms with E-state index in [1.165, 1.54) is 12.3 Å². The summed E-state index contributed by atoms with van der Waals surface area (Å²) in [6.45, 7) is 0.361. The first kappa shape index (κ1) is 11.6. The van der Waals surface area contributed by atoms with Gasteiger partial charge in [-0.2, -0.15) is 0 Å². The van der Waals surface area contributed by atoms with Crippen LogP contribution >= 0.6 is 0 Å². The van der Waals surface area contributed by atoms with Gasteiger partial charge < -0.3 is 9.67 Å². The Kier molecular flexibility index (Phi) is 3.05. The molecular weight excluding hydrogens is 228 g/mol. The summed E-state index contributed by atoms with van der Waals surface area (Å²) in [6, 6.07) is 1.50. The zero-order chi connectivity index (χ0) is 11.8. The molecule has 0 amide bonds. The number of nitrogens with one attached hydrogen (secondary N) is 1. The number of hydrogen-bond donors (Lipinski definition) is 2. The lowest BCUT2D eigenvalue weighted by molar-refractivity contribution is 0.272. The molecule has 1 aromatic heterocycles. The van der Waals surface area contributed by atoms with Crippen LogP contribution < -0.4 is 4.72 Å². The molecule has 0 bridgehead atoms. The summed E-state index contributed by atoms with van der Waals surface area (Å²) < 4.78 is 27.9. The van der Waals surface area contributed by atoms with E-state index in [0.29, 0.717) is 18.2 Å². The van der Waals surface area contributed by atoms with Gasteiger partial charge in [0.05, 0.1) is 11.5 Å². The van der Waals surface area contributed by atoms with Gasteiger partial charge in [0.1, 0.15) is 0 Å². The van der Waals surface area contributed by atoms with E-state index in [1.807, 2.05) is 0 Å². The normalized spacial score (nSPS) is 16.6. The second-order valence-electron chi connectivity index (χ2n) is 4.23. The van der Waals surface area contributed by atoms with Gasteiger partial charge in [-0.05, 0) is 24.8 Å². The minimum absolute atomic E-state index is 0.158. The summed E-state index contributed by atoms with van der Waals surface area (Å²) in [6.07, 6.45) is 3.74. The van der Waals surface area contributed by atoms with E-state index < -0.39 is 10.0 Å². The minimum Gasteiger partial charge on any atom is -0.390 e. The maximum absolute atomic E-state index is 11.8. The lowest BCUT2D eigenvalue weighted by Gasteiger charge is -2.02. The van der Waals surface area contributed by atoms with Gasteiger partial charge in [0.15, 0.2) is 0 Å². The molecule has 5 nitrogen and oxygen atoms in total. The molecule has 0 atom stereocenters. The molecule has 0 unspecified atom stereocenters. The van der Waals surface area contributed by atoms with Crippen molar-refractivity contribution in [3.63, 3.8) is 0 Å². The van der Waals surface area contributed by atoms with Gasteiger partial charge in [-0.1, -0.05) is 0 Å². The molecule has 1 aromatic rings. The minimum atomic E-state index is -3.41. The van der Waals surface area contributed by atoms with E-state index in [2.05, 4.69) is 4.72 Å². The Morgan fingerprint density at radius 1 is 1.56 bits per heavy atom. The van der Waals surface area contributed by atoms with Crippen LogP contribution in [0, 0.1) is 5.92 Å². The lowest BCUT2D eigenvalue weighted by Crippen LogP contribution is -2.25. The molecular formula is C10H16N2O3S. The molecule has 6 heteroatoms. The summed E-state index contributed by atoms with van der Waals surface area (Å²) in [5.74, 6) is 0.510. The largest absolute Gasteiger partial charge is 0.390 e. The Labute approximate surface area is 95.1 Å². The molecule has 1 saturated carbocycles. The van der Waals surface area contributed by atoms with Crippen molar-refractivity contribution < 1.29 is 13.5 Å². The van der Waals surface area contributed by atoms with Crippen molar-refractivity contribution >= 4 is 10.0 Å². The number of aryl methyl sites for hydroxylation is 1. The van der Waals surface area contributed by atoms with Gasteiger partial charge in [-0.25, -0.2) is 13.1 Å². The number of rotatable bonds is 5. The molecule has 2 N–H and O–H groups in total. The maximum atomic E-state index is 11.8. The molecule has 0 radical (unpaired) electrons. The molecule has 90 valence electrons. The number of aliphatic hydroxyl groups excluding tert-OH is 1. The first-order valence-electron chi connectivity index (χ1n) is 5.28. The van der Waals surface area contributed by atoms with Gasteiger partial charge in [-0.3, -0.25) is 0 Å². The Hall–Kier alpha value is -0.850. The van der Waals surface area contributed by atoms with E-state index in [1.54, 1.807) is 11.6 Å². The van der Waals surface area contributed by atoms with E-state index in [4.69, 9.17) is 5.11 Å². The van der Waals surface area contributed by atoms with Crippen LogP contribution in [0.2, 0.25) is 0 Å². The molecule has 0 saturated heterocycles. The van der Waals surface area contributed by atoms with Crippen molar-refractivity contribution in [1.82, 2.24) is 9.29 Å². The van der Waals surface area contributed by atoms with Gasteiger partial charge in [0.25, 0.3) is 0 Å². The lowest BCUT2D eigenvalue weighted by atomic mass is 10.4. The molecule has 0 aromatic carbocycles. The zero-order valence-electron chi connectivity index (χ0n) is 9.18. The SMILES string of the molecule is Cn1cc(S(=O)(=O)NCC2CC2)cc1CO.